The Morgan fingerprint density at radius 1 is 1.33 bits per heavy atom. The molecule has 0 aromatic rings. The lowest BCUT2D eigenvalue weighted by molar-refractivity contribution is -0.125. The maximum atomic E-state index is 11.2. The standard InChI is InChI=1S/C12H25N5O/c1-12(2,10(13)18)8-15-11(17-14)16-9-6-4-3-5-7-9/h9H,3-8,14H2,1-2H3,(H2,13,18)(H2,15,16,17). The highest BCUT2D eigenvalue weighted by molar-refractivity contribution is 5.82. The second-order valence-corrected chi connectivity index (χ2v) is 5.54. The van der Waals surface area contributed by atoms with Crippen LogP contribution in [0.5, 0.6) is 0 Å². The van der Waals surface area contributed by atoms with Crippen LogP contribution < -0.4 is 22.3 Å². The van der Waals surface area contributed by atoms with Gasteiger partial charge in [-0.25, -0.2) is 5.84 Å². The van der Waals surface area contributed by atoms with E-state index in [1.807, 2.05) is 0 Å². The Morgan fingerprint density at radius 3 is 2.44 bits per heavy atom. The first-order valence-corrected chi connectivity index (χ1v) is 6.53. The number of carbonyl (C=O) groups excluding carboxylic acids is 1. The fourth-order valence-electron chi connectivity index (χ4n) is 1.93. The number of carbonyl (C=O) groups is 1. The summed E-state index contributed by atoms with van der Waals surface area (Å²) in [4.78, 5) is 15.5. The van der Waals surface area contributed by atoms with Gasteiger partial charge in [-0.05, 0) is 26.7 Å². The number of hydrazine groups is 1. The second-order valence-electron chi connectivity index (χ2n) is 5.54. The third-order valence-corrected chi connectivity index (χ3v) is 3.38. The molecule has 104 valence electrons. The first-order chi connectivity index (χ1) is 8.45. The normalized spacial score (nSPS) is 18.5. The first-order valence-electron chi connectivity index (χ1n) is 6.53. The number of nitrogens with zero attached hydrogens (tertiary/aromatic N) is 1. The largest absolute Gasteiger partial charge is 0.369 e. The molecule has 0 aliphatic heterocycles. The molecule has 0 radical (unpaired) electrons. The van der Waals surface area contributed by atoms with Gasteiger partial charge in [0, 0.05) is 6.04 Å². The first kappa shape index (κ1) is 14.8. The van der Waals surface area contributed by atoms with E-state index in [9.17, 15) is 4.79 Å². The van der Waals surface area contributed by atoms with Gasteiger partial charge in [0.15, 0.2) is 0 Å². The number of guanidine groups is 1. The van der Waals surface area contributed by atoms with Crippen molar-refractivity contribution in [3.05, 3.63) is 0 Å². The maximum Gasteiger partial charge on any atom is 0.224 e. The second kappa shape index (κ2) is 6.58. The zero-order valence-electron chi connectivity index (χ0n) is 11.3. The van der Waals surface area contributed by atoms with Crippen molar-refractivity contribution in [2.45, 2.75) is 52.0 Å². The number of aliphatic imine (C=N–C) groups is 1. The molecule has 1 amide bonds. The molecule has 0 heterocycles. The van der Waals surface area contributed by atoms with Crippen molar-refractivity contribution in [3.8, 4) is 0 Å². The monoisotopic (exact) mass is 255 g/mol. The molecule has 6 heteroatoms. The van der Waals surface area contributed by atoms with Crippen LogP contribution in [-0.2, 0) is 4.79 Å². The lowest BCUT2D eigenvalue weighted by atomic mass is 9.93. The summed E-state index contributed by atoms with van der Waals surface area (Å²) >= 11 is 0. The molecule has 0 unspecified atom stereocenters. The number of nitrogens with two attached hydrogens (primary N) is 2. The minimum absolute atomic E-state index is 0.321. The summed E-state index contributed by atoms with van der Waals surface area (Å²) in [5.41, 5.74) is 7.19. The van der Waals surface area contributed by atoms with E-state index < -0.39 is 5.41 Å². The lowest BCUT2D eigenvalue weighted by Gasteiger charge is -2.25. The molecule has 0 aromatic carbocycles. The van der Waals surface area contributed by atoms with Gasteiger partial charge < -0.3 is 11.1 Å². The van der Waals surface area contributed by atoms with Crippen molar-refractivity contribution < 1.29 is 4.79 Å². The average Bonchev–Trinajstić information content (AvgIpc) is 2.35. The molecule has 1 aliphatic rings. The van der Waals surface area contributed by atoms with Crippen LogP contribution in [0.3, 0.4) is 0 Å². The van der Waals surface area contributed by atoms with Crippen LogP contribution in [0.2, 0.25) is 0 Å². The summed E-state index contributed by atoms with van der Waals surface area (Å²) in [5, 5.41) is 3.28. The summed E-state index contributed by atoms with van der Waals surface area (Å²) in [5.74, 6) is 5.61. The molecule has 0 saturated heterocycles. The Kier molecular flexibility index (Phi) is 5.40. The predicted octanol–water partition coefficient (Wildman–Crippen LogP) is 0.240. The molecule has 1 aliphatic carbocycles. The number of primary amides is 1. The maximum absolute atomic E-state index is 11.2. The highest BCUT2D eigenvalue weighted by Crippen LogP contribution is 2.17. The van der Waals surface area contributed by atoms with Gasteiger partial charge in [0.2, 0.25) is 11.9 Å². The molecule has 18 heavy (non-hydrogen) atoms. The minimum Gasteiger partial charge on any atom is -0.369 e. The number of rotatable bonds is 4. The SMILES string of the molecule is CC(C)(CN=C(NN)NC1CCCCC1)C(N)=O. The number of amides is 1. The van der Waals surface area contributed by atoms with Crippen LogP contribution in [-0.4, -0.2) is 24.5 Å². The van der Waals surface area contributed by atoms with Gasteiger partial charge in [-0.1, -0.05) is 19.3 Å². The van der Waals surface area contributed by atoms with E-state index in [0.29, 0.717) is 18.5 Å². The van der Waals surface area contributed by atoms with E-state index >= 15 is 0 Å². The molecule has 6 nitrogen and oxygen atoms in total. The molecule has 0 bridgehead atoms. The molecule has 6 N–H and O–H groups in total. The van der Waals surface area contributed by atoms with Gasteiger partial charge in [0.1, 0.15) is 0 Å². The third-order valence-electron chi connectivity index (χ3n) is 3.38. The van der Waals surface area contributed by atoms with Crippen LogP contribution in [0.1, 0.15) is 46.0 Å². The van der Waals surface area contributed by atoms with Crippen molar-refractivity contribution >= 4 is 11.9 Å². The van der Waals surface area contributed by atoms with Crippen molar-refractivity contribution in [2.24, 2.45) is 22.0 Å². The zero-order chi connectivity index (χ0) is 13.6. The van der Waals surface area contributed by atoms with Gasteiger partial charge in [0.05, 0.1) is 12.0 Å². The molecule has 1 fully saturated rings. The smallest absolute Gasteiger partial charge is 0.224 e. The zero-order valence-corrected chi connectivity index (χ0v) is 11.3. The highest BCUT2D eigenvalue weighted by Gasteiger charge is 2.24. The van der Waals surface area contributed by atoms with E-state index in [-0.39, 0.29) is 5.91 Å². The Hall–Kier alpha value is -1.30. The molecular weight excluding hydrogens is 230 g/mol. The van der Waals surface area contributed by atoms with E-state index in [1.165, 1.54) is 19.3 Å². The van der Waals surface area contributed by atoms with Gasteiger partial charge >= 0.3 is 0 Å². The topological polar surface area (TPSA) is 106 Å². The van der Waals surface area contributed by atoms with Crippen LogP contribution >= 0.6 is 0 Å². The molecule has 0 spiro atoms. The third kappa shape index (κ3) is 4.52. The Bertz CT molecular complexity index is 308. The van der Waals surface area contributed by atoms with Gasteiger partial charge in [-0.15, -0.1) is 0 Å². The van der Waals surface area contributed by atoms with Crippen LogP contribution in [0.25, 0.3) is 0 Å². The molecule has 1 rings (SSSR count). The summed E-state index contributed by atoms with van der Waals surface area (Å²) in [7, 11) is 0. The Morgan fingerprint density at radius 2 is 1.94 bits per heavy atom. The number of nitrogens with one attached hydrogen (secondary N) is 2. The summed E-state index contributed by atoms with van der Waals surface area (Å²) in [6.07, 6.45) is 6.06. The Labute approximate surface area is 109 Å². The van der Waals surface area contributed by atoms with Crippen LogP contribution in [0.4, 0.5) is 0 Å². The van der Waals surface area contributed by atoms with Crippen molar-refractivity contribution in [1.29, 1.82) is 0 Å². The predicted molar refractivity (Wildman–Crippen MR) is 72.6 cm³/mol. The molecule has 1 saturated carbocycles. The van der Waals surface area contributed by atoms with E-state index in [2.05, 4.69) is 15.7 Å². The van der Waals surface area contributed by atoms with Crippen molar-refractivity contribution in [2.75, 3.05) is 6.54 Å². The summed E-state index contributed by atoms with van der Waals surface area (Å²) < 4.78 is 0. The minimum atomic E-state index is -0.656. The van der Waals surface area contributed by atoms with Gasteiger partial charge in [-0.3, -0.25) is 15.2 Å². The van der Waals surface area contributed by atoms with Crippen molar-refractivity contribution in [3.63, 3.8) is 0 Å². The lowest BCUT2D eigenvalue weighted by Crippen LogP contribution is -2.47. The average molecular weight is 255 g/mol. The highest BCUT2D eigenvalue weighted by atomic mass is 16.1. The fraction of sp³-hybridized carbons (Fsp3) is 0.833. The van der Waals surface area contributed by atoms with Gasteiger partial charge in [-0.2, -0.15) is 0 Å². The van der Waals surface area contributed by atoms with Gasteiger partial charge in [0.25, 0.3) is 0 Å². The number of hydrogen-bond donors (Lipinski definition) is 4. The summed E-state index contributed by atoms with van der Waals surface area (Å²) in [6.45, 7) is 3.86. The van der Waals surface area contributed by atoms with Crippen LogP contribution in [0.15, 0.2) is 4.99 Å². The van der Waals surface area contributed by atoms with E-state index in [1.54, 1.807) is 13.8 Å². The summed E-state index contributed by atoms with van der Waals surface area (Å²) in [6, 6.07) is 0.422. The number of hydrogen-bond acceptors (Lipinski definition) is 3. The molecule has 0 aromatic heterocycles. The molecular formula is C12H25N5O. The quantitative estimate of drug-likeness (QED) is 0.250. The van der Waals surface area contributed by atoms with E-state index in [4.69, 9.17) is 11.6 Å². The van der Waals surface area contributed by atoms with Crippen molar-refractivity contribution in [1.82, 2.24) is 10.7 Å². The molecule has 0 atom stereocenters. The van der Waals surface area contributed by atoms with E-state index in [0.717, 1.165) is 12.8 Å². The fourth-order valence-corrected chi connectivity index (χ4v) is 1.93. The Balaban J connectivity index is 2.51. The van der Waals surface area contributed by atoms with Crippen LogP contribution in [0, 0.1) is 5.41 Å².